The molecule has 4 nitrogen and oxygen atoms in total. The molecule has 1 aromatic heterocycles. The third-order valence-electron chi connectivity index (χ3n) is 4.53. The highest BCUT2D eigenvalue weighted by atomic mass is 32.2. The van der Waals surface area contributed by atoms with Gasteiger partial charge >= 0.3 is 0 Å². The highest BCUT2D eigenvalue weighted by Gasteiger charge is 2.26. The van der Waals surface area contributed by atoms with E-state index in [9.17, 15) is 4.79 Å². The molecule has 122 valence electrons. The predicted molar refractivity (Wildman–Crippen MR) is 94.5 cm³/mol. The second-order valence-electron chi connectivity index (χ2n) is 6.01. The number of hydrogen-bond donors (Lipinski definition) is 1. The first kappa shape index (κ1) is 16.3. The number of hydrogen-bond acceptors (Lipinski definition) is 5. The normalized spacial score (nSPS) is 21.8. The van der Waals surface area contributed by atoms with Gasteiger partial charge in [0.15, 0.2) is 0 Å². The molecule has 1 N–H and O–H groups in total. The average Bonchev–Trinajstić information content (AvgIpc) is 3.08. The monoisotopic (exact) mass is 339 g/mol. The molecule has 0 bridgehead atoms. The van der Waals surface area contributed by atoms with Gasteiger partial charge in [0.1, 0.15) is 0 Å². The second-order valence-corrected chi connectivity index (χ2v) is 8.27. The predicted octanol–water partition coefficient (Wildman–Crippen LogP) is 1.88. The molecule has 3 heterocycles. The standard InChI is InChI=1S/C16H25N3OS2/c20-16(17-12-15-2-1-9-22-15)13-18-5-3-14(4-6-18)19-7-10-21-11-8-19/h1-2,9,14H,3-8,10-13H2,(H,17,20). The molecule has 0 radical (unpaired) electrons. The van der Waals surface area contributed by atoms with E-state index in [0.29, 0.717) is 13.1 Å². The maximum atomic E-state index is 12.0. The van der Waals surface area contributed by atoms with Crippen molar-refractivity contribution in [3.63, 3.8) is 0 Å². The van der Waals surface area contributed by atoms with Crippen molar-refractivity contribution in [3.05, 3.63) is 22.4 Å². The lowest BCUT2D eigenvalue weighted by Gasteiger charge is -2.39. The summed E-state index contributed by atoms with van der Waals surface area (Å²) in [6.07, 6.45) is 2.42. The fourth-order valence-corrected chi connectivity index (χ4v) is 4.82. The van der Waals surface area contributed by atoms with Gasteiger partial charge in [-0.05, 0) is 24.3 Å². The van der Waals surface area contributed by atoms with E-state index in [0.717, 1.165) is 19.1 Å². The summed E-state index contributed by atoms with van der Waals surface area (Å²) in [6, 6.07) is 4.83. The summed E-state index contributed by atoms with van der Waals surface area (Å²) in [5, 5.41) is 5.07. The van der Waals surface area contributed by atoms with Crippen LogP contribution in [0.25, 0.3) is 0 Å². The molecule has 0 aliphatic carbocycles. The summed E-state index contributed by atoms with van der Waals surface area (Å²) < 4.78 is 0. The lowest BCUT2D eigenvalue weighted by molar-refractivity contribution is -0.122. The van der Waals surface area contributed by atoms with E-state index in [4.69, 9.17) is 0 Å². The first-order chi connectivity index (χ1) is 10.8. The Bertz CT molecular complexity index is 452. The zero-order chi connectivity index (χ0) is 15.2. The van der Waals surface area contributed by atoms with Crippen molar-refractivity contribution < 1.29 is 4.79 Å². The van der Waals surface area contributed by atoms with Crippen LogP contribution in [0.3, 0.4) is 0 Å². The molecule has 0 unspecified atom stereocenters. The molecule has 0 saturated carbocycles. The van der Waals surface area contributed by atoms with E-state index < -0.39 is 0 Å². The molecule has 3 rings (SSSR count). The summed E-state index contributed by atoms with van der Waals surface area (Å²) >= 11 is 3.76. The topological polar surface area (TPSA) is 35.6 Å². The summed E-state index contributed by atoms with van der Waals surface area (Å²) in [5.41, 5.74) is 0. The maximum Gasteiger partial charge on any atom is 0.234 e. The van der Waals surface area contributed by atoms with Crippen LogP contribution in [0.15, 0.2) is 17.5 Å². The molecule has 2 fully saturated rings. The minimum atomic E-state index is 0.154. The number of nitrogens with one attached hydrogen (secondary N) is 1. The third-order valence-corrected chi connectivity index (χ3v) is 6.35. The molecule has 1 amide bonds. The Hall–Kier alpha value is -0.560. The summed E-state index contributed by atoms with van der Waals surface area (Å²) in [6.45, 7) is 5.82. The van der Waals surface area contributed by atoms with Gasteiger partial charge in [0.2, 0.25) is 5.91 Å². The molecule has 2 aliphatic heterocycles. The number of carbonyl (C=O) groups excluding carboxylic acids is 1. The third kappa shape index (κ3) is 4.72. The Morgan fingerprint density at radius 1 is 1.23 bits per heavy atom. The van der Waals surface area contributed by atoms with Gasteiger partial charge in [-0.3, -0.25) is 14.6 Å². The van der Waals surface area contributed by atoms with Crippen molar-refractivity contribution in [1.82, 2.24) is 15.1 Å². The lowest BCUT2D eigenvalue weighted by Crippen LogP contribution is -2.49. The minimum absolute atomic E-state index is 0.154. The molecule has 0 spiro atoms. The number of likely N-dealkylation sites (tertiary alicyclic amines) is 1. The molecular weight excluding hydrogens is 314 g/mol. The zero-order valence-electron chi connectivity index (χ0n) is 13.0. The number of rotatable bonds is 5. The van der Waals surface area contributed by atoms with Gasteiger partial charge in [-0.15, -0.1) is 11.3 Å². The van der Waals surface area contributed by atoms with Crippen LogP contribution in [0.5, 0.6) is 0 Å². The molecule has 2 saturated heterocycles. The van der Waals surface area contributed by atoms with E-state index >= 15 is 0 Å². The summed E-state index contributed by atoms with van der Waals surface area (Å²) in [7, 11) is 0. The highest BCUT2D eigenvalue weighted by Crippen LogP contribution is 2.20. The first-order valence-electron chi connectivity index (χ1n) is 8.14. The van der Waals surface area contributed by atoms with E-state index in [1.54, 1.807) is 11.3 Å². The van der Waals surface area contributed by atoms with Crippen LogP contribution < -0.4 is 5.32 Å². The van der Waals surface area contributed by atoms with Gasteiger partial charge in [-0.1, -0.05) is 6.07 Å². The first-order valence-corrected chi connectivity index (χ1v) is 10.2. The number of nitrogens with zero attached hydrogens (tertiary/aromatic N) is 2. The van der Waals surface area contributed by atoms with Gasteiger partial charge in [-0.25, -0.2) is 0 Å². The fourth-order valence-electron chi connectivity index (χ4n) is 3.24. The van der Waals surface area contributed by atoms with E-state index in [2.05, 4.69) is 32.9 Å². The molecule has 22 heavy (non-hydrogen) atoms. The number of piperidine rings is 1. The van der Waals surface area contributed by atoms with E-state index in [1.165, 1.54) is 42.3 Å². The maximum absolute atomic E-state index is 12.0. The van der Waals surface area contributed by atoms with Gasteiger partial charge in [0.25, 0.3) is 0 Å². The van der Waals surface area contributed by atoms with E-state index in [1.807, 2.05) is 11.4 Å². The number of thioether (sulfide) groups is 1. The van der Waals surface area contributed by atoms with Crippen molar-refractivity contribution in [2.75, 3.05) is 44.2 Å². The Morgan fingerprint density at radius 3 is 2.68 bits per heavy atom. The quantitative estimate of drug-likeness (QED) is 0.888. The van der Waals surface area contributed by atoms with Crippen molar-refractivity contribution >= 4 is 29.0 Å². The Balaban J connectivity index is 1.35. The zero-order valence-corrected chi connectivity index (χ0v) is 14.6. The summed E-state index contributed by atoms with van der Waals surface area (Å²) in [5.74, 6) is 2.72. The number of thiophene rings is 1. The van der Waals surface area contributed by atoms with Crippen molar-refractivity contribution in [3.8, 4) is 0 Å². The molecular formula is C16H25N3OS2. The van der Waals surface area contributed by atoms with Gasteiger partial charge in [0, 0.05) is 48.6 Å². The minimum Gasteiger partial charge on any atom is -0.350 e. The van der Waals surface area contributed by atoms with Crippen LogP contribution in [0.2, 0.25) is 0 Å². The van der Waals surface area contributed by atoms with Gasteiger partial charge in [-0.2, -0.15) is 11.8 Å². The summed E-state index contributed by atoms with van der Waals surface area (Å²) in [4.78, 5) is 18.2. The van der Waals surface area contributed by atoms with Gasteiger partial charge < -0.3 is 5.32 Å². The highest BCUT2D eigenvalue weighted by molar-refractivity contribution is 7.99. The molecule has 6 heteroatoms. The van der Waals surface area contributed by atoms with Crippen LogP contribution >= 0.6 is 23.1 Å². The smallest absolute Gasteiger partial charge is 0.234 e. The molecule has 0 atom stereocenters. The van der Waals surface area contributed by atoms with Crippen molar-refractivity contribution in [2.24, 2.45) is 0 Å². The van der Waals surface area contributed by atoms with Crippen molar-refractivity contribution in [2.45, 2.75) is 25.4 Å². The van der Waals surface area contributed by atoms with E-state index in [-0.39, 0.29) is 5.91 Å². The average molecular weight is 340 g/mol. The molecule has 0 aromatic carbocycles. The number of carbonyl (C=O) groups is 1. The van der Waals surface area contributed by atoms with Crippen LogP contribution in [-0.4, -0.2) is 66.0 Å². The Kier molecular flexibility index (Phi) is 6.18. The Labute approximate surface area is 141 Å². The van der Waals surface area contributed by atoms with Crippen LogP contribution in [-0.2, 0) is 11.3 Å². The molecule has 2 aliphatic rings. The van der Waals surface area contributed by atoms with Crippen LogP contribution in [0.4, 0.5) is 0 Å². The molecule has 1 aromatic rings. The SMILES string of the molecule is O=C(CN1CCC(N2CCSCC2)CC1)NCc1cccs1. The van der Waals surface area contributed by atoms with Gasteiger partial charge in [0.05, 0.1) is 13.1 Å². The fraction of sp³-hybridized carbons (Fsp3) is 0.688. The second kappa shape index (κ2) is 8.34. The number of amides is 1. The Morgan fingerprint density at radius 2 is 2.00 bits per heavy atom. The van der Waals surface area contributed by atoms with Crippen molar-refractivity contribution in [1.29, 1.82) is 0 Å². The van der Waals surface area contributed by atoms with Crippen LogP contribution in [0.1, 0.15) is 17.7 Å². The van der Waals surface area contributed by atoms with Crippen LogP contribution in [0, 0.1) is 0 Å². The largest absolute Gasteiger partial charge is 0.350 e. The lowest BCUT2D eigenvalue weighted by atomic mass is 10.0.